The number of halogens is 1. The van der Waals surface area contributed by atoms with Gasteiger partial charge in [0.25, 0.3) is 5.56 Å². The number of carbonyl (C=O) groups is 3. The normalized spacial score (nSPS) is 14.4. The van der Waals surface area contributed by atoms with E-state index >= 15 is 4.39 Å². The summed E-state index contributed by atoms with van der Waals surface area (Å²) in [5.41, 5.74) is 7.20. The summed E-state index contributed by atoms with van der Waals surface area (Å²) in [4.78, 5) is 53.6. The van der Waals surface area contributed by atoms with Crippen molar-refractivity contribution in [2.75, 3.05) is 7.11 Å². The molecule has 0 radical (unpaired) electrons. The number of amides is 2. The maximum Gasteiger partial charge on any atom is 0.407 e. The van der Waals surface area contributed by atoms with Gasteiger partial charge in [0.1, 0.15) is 6.17 Å². The maximum atomic E-state index is 15.2. The van der Waals surface area contributed by atoms with Gasteiger partial charge < -0.3 is 20.4 Å². The average Bonchev–Trinajstić information content (AvgIpc) is 3.29. The number of benzene rings is 1. The van der Waals surface area contributed by atoms with Gasteiger partial charge in [0.2, 0.25) is 5.91 Å². The average molecular weight is 539 g/mol. The van der Waals surface area contributed by atoms with Crippen molar-refractivity contribution in [1.82, 2.24) is 9.88 Å². The van der Waals surface area contributed by atoms with Gasteiger partial charge in [0.15, 0.2) is 5.78 Å². The van der Waals surface area contributed by atoms with Gasteiger partial charge in [-0.3, -0.25) is 19.4 Å². The van der Waals surface area contributed by atoms with E-state index in [1.165, 1.54) is 23.8 Å². The highest BCUT2D eigenvalue weighted by atomic mass is 19.1. The number of para-hydroxylation sites is 1. The fraction of sp³-hybridized carbons (Fsp3) is 0.414. The Bertz CT molecular complexity index is 1360. The van der Waals surface area contributed by atoms with Crippen LogP contribution < -0.4 is 16.6 Å². The van der Waals surface area contributed by atoms with Crippen LogP contribution in [0, 0.1) is 5.41 Å². The van der Waals surface area contributed by atoms with E-state index < -0.39 is 29.6 Å². The minimum Gasteiger partial charge on any atom is -0.453 e. The molecule has 2 aromatic rings. The van der Waals surface area contributed by atoms with Gasteiger partial charge in [-0.25, -0.2) is 9.18 Å². The minimum absolute atomic E-state index is 0.195. The number of ketones is 1. The van der Waals surface area contributed by atoms with Crippen LogP contribution in [-0.4, -0.2) is 41.2 Å². The quantitative estimate of drug-likeness (QED) is 0.419. The van der Waals surface area contributed by atoms with Gasteiger partial charge in [-0.05, 0) is 36.0 Å². The third-order valence-corrected chi connectivity index (χ3v) is 6.44. The summed E-state index contributed by atoms with van der Waals surface area (Å²) in [6.07, 6.45) is 3.13. The summed E-state index contributed by atoms with van der Waals surface area (Å²) in [5, 5.41) is 2.48. The fourth-order valence-corrected chi connectivity index (χ4v) is 4.40. The molecule has 3 rings (SSSR count). The van der Waals surface area contributed by atoms with Crippen molar-refractivity contribution in [3.63, 3.8) is 0 Å². The Morgan fingerprint density at radius 1 is 1.23 bits per heavy atom. The molecule has 10 heteroatoms. The standard InChI is InChI=1S/C29H35FN4O5/c1-29(2,3)26(30)21-11-7-9-18-15-20(32-25(18)21)17-34-14-8-10-19(27(34)37)16-23(35)22(33-28(38)39-4)12-5-6-13-24(31)36/h6-11,13-14,22,26H,5,12,15-17H2,1-4H3,(H2,31,36)(H,33,38)/b13-6+/t22-,26?/m0/s1. The summed E-state index contributed by atoms with van der Waals surface area (Å²) >= 11 is 0. The van der Waals surface area contributed by atoms with E-state index in [-0.39, 0.29) is 36.3 Å². The summed E-state index contributed by atoms with van der Waals surface area (Å²) in [6, 6.07) is 7.81. The Morgan fingerprint density at radius 3 is 2.64 bits per heavy atom. The number of methoxy groups -OCH3 is 1. The Labute approximate surface area is 227 Å². The minimum atomic E-state index is -1.19. The number of ether oxygens (including phenoxy) is 1. The smallest absolute Gasteiger partial charge is 0.407 e. The molecule has 2 amide bonds. The van der Waals surface area contributed by atoms with Crippen molar-refractivity contribution in [3.05, 3.63) is 75.7 Å². The molecule has 1 aromatic heterocycles. The molecule has 0 spiro atoms. The van der Waals surface area contributed by atoms with E-state index in [1.807, 2.05) is 32.9 Å². The third-order valence-electron chi connectivity index (χ3n) is 6.44. The molecule has 1 aliphatic heterocycles. The molecule has 0 saturated carbocycles. The molecule has 0 fully saturated rings. The highest BCUT2D eigenvalue weighted by Gasteiger charge is 2.30. The molecule has 9 nitrogen and oxygen atoms in total. The number of primary amides is 1. The van der Waals surface area contributed by atoms with Crippen LogP contribution in [0.5, 0.6) is 0 Å². The van der Waals surface area contributed by atoms with Crippen molar-refractivity contribution in [2.24, 2.45) is 16.1 Å². The number of hydrogen-bond acceptors (Lipinski definition) is 6. The van der Waals surface area contributed by atoms with E-state index in [2.05, 4.69) is 15.0 Å². The Hall–Kier alpha value is -4.08. The SMILES string of the molecule is COC(=O)N[C@@H](CC/C=C/C(N)=O)C(=O)Cc1cccn(CC2=Nc3c(cccc3C(F)C(C)(C)C)C2)c1=O. The van der Waals surface area contributed by atoms with Crippen LogP contribution in [0.1, 0.15) is 56.5 Å². The highest BCUT2D eigenvalue weighted by Crippen LogP contribution is 2.43. The zero-order valence-electron chi connectivity index (χ0n) is 22.7. The third kappa shape index (κ3) is 7.72. The molecule has 0 bridgehead atoms. The fourth-order valence-electron chi connectivity index (χ4n) is 4.40. The van der Waals surface area contributed by atoms with Crippen molar-refractivity contribution in [1.29, 1.82) is 0 Å². The molecular formula is C29H35FN4O5. The first-order chi connectivity index (χ1) is 18.4. The first-order valence-corrected chi connectivity index (χ1v) is 12.7. The van der Waals surface area contributed by atoms with Crippen molar-refractivity contribution in [3.8, 4) is 0 Å². The lowest BCUT2D eigenvalue weighted by Gasteiger charge is -2.25. The molecular weight excluding hydrogens is 503 g/mol. The second-order valence-electron chi connectivity index (χ2n) is 10.6. The Balaban J connectivity index is 1.77. The number of aromatic nitrogens is 1. The number of allylic oxidation sites excluding steroid dienone is 1. The molecule has 2 atom stereocenters. The molecule has 1 aliphatic rings. The molecule has 0 saturated heterocycles. The number of rotatable bonds is 11. The zero-order chi connectivity index (χ0) is 28.7. The second kappa shape index (κ2) is 12.6. The topological polar surface area (TPSA) is 133 Å². The lowest BCUT2D eigenvalue weighted by molar-refractivity contribution is -0.120. The van der Waals surface area contributed by atoms with Crippen LogP contribution in [0.4, 0.5) is 14.9 Å². The molecule has 0 aliphatic carbocycles. The number of Topliss-reactive ketones (excluding diaryl/α,β-unsaturated/α-hetero) is 1. The number of pyridine rings is 1. The van der Waals surface area contributed by atoms with Crippen LogP contribution in [0.2, 0.25) is 0 Å². The van der Waals surface area contributed by atoms with E-state index in [4.69, 9.17) is 5.73 Å². The molecule has 2 heterocycles. The number of alkyl halides is 1. The first kappa shape index (κ1) is 29.5. The first-order valence-electron chi connectivity index (χ1n) is 12.7. The molecule has 1 unspecified atom stereocenters. The predicted octanol–water partition coefficient (Wildman–Crippen LogP) is 3.89. The summed E-state index contributed by atoms with van der Waals surface area (Å²) < 4.78 is 21.3. The number of fused-ring (bicyclic) bond motifs is 1. The van der Waals surface area contributed by atoms with Gasteiger partial charge in [-0.2, -0.15) is 0 Å². The van der Waals surface area contributed by atoms with Gasteiger partial charge in [0.05, 0.1) is 25.4 Å². The monoisotopic (exact) mass is 538 g/mol. The lowest BCUT2D eigenvalue weighted by Crippen LogP contribution is -2.42. The summed E-state index contributed by atoms with van der Waals surface area (Å²) in [5.74, 6) is -0.998. The zero-order valence-corrected chi connectivity index (χ0v) is 22.7. The summed E-state index contributed by atoms with van der Waals surface area (Å²) in [7, 11) is 1.18. The van der Waals surface area contributed by atoms with Gasteiger partial charge in [0, 0.05) is 35.9 Å². The molecule has 208 valence electrons. The van der Waals surface area contributed by atoms with Crippen molar-refractivity contribution >= 4 is 29.2 Å². The van der Waals surface area contributed by atoms with Crippen molar-refractivity contribution in [2.45, 2.75) is 65.2 Å². The van der Waals surface area contributed by atoms with E-state index in [1.54, 1.807) is 24.4 Å². The number of nitrogens with one attached hydrogen (secondary N) is 1. The van der Waals surface area contributed by atoms with Gasteiger partial charge in [-0.1, -0.05) is 51.1 Å². The maximum absolute atomic E-state index is 15.2. The number of nitrogens with zero attached hydrogens (tertiary/aromatic N) is 2. The van der Waals surface area contributed by atoms with Crippen LogP contribution in [0.25, 0.3) is 0 Å². The van der Waals surface area contributed by atoms with Crippen molar-refractivity contribution < 1.29 is 23.5 Å². The van der Waals surface area contributed by atoms with E-state index in [0.29, 0.717) is 24.1 Å². The van der Waals surface area contributed by atoms with E-state index in [0.717, 1.165) is 11.3 Å². The number of nitrogens with two attached hydrogens (primary N) is 1. The van der Waals surface area contributed by atoms with Gasteiger partial charge >= 0.3 is 6.09 Å². The van der Waals surface area contributed by atoms with Crippen LogP contribution in [-0.2, 0) is 33.7 Å². The number of hydrogen-bond donors (Lipinski definition) is 2. The highest BCUT2D eigenvalue weighted by molar-refractivity contribution is 5.94. The second-order valence-corrected chi connectivity index (χ2v) is 10.6. The van der Waals surface area contributed by atoms with Crippen LogP contribution in [0.15, 0.2) is 58.5 Å². The molecule has 3 N–H and O–H groups in total. The predicted molar refractivity (Wildman–Crippen MR) is 147 cm³/mol. The molecule has 39 heavy (non-hydrogen) atoms. The Morgan fingerprint density at radius 2 is 1.97 bits per heavy atom. The largest absolute Gasteiger partial charge is 0.453 e. The van der Waals surface area contributed by atoms with Gasteiger partial charge in [-0.15, -0.1) is 0 Å². The van der Waals surface area contributed by atoms with E-state index in [9.17, 15) is 19.2 Å². The number of alkyl carbamates (subject to hydrolysis) is 1. The Kier molecular flexibility index (Phi) is 9.56. The lowest BCUT2D eigenvalue weighted by atomic mass is 9.84. The van der Waals surface area contributed by atoms with Crippen LogP contribution in [0.3, 0.4) is 0 Å². The number of aliphatic imine (C=N–C) groups is 1. The molecule has 1 aromatic carbocycles. The van der Waals surface area contributed by atoms with Crippen LogP contribution >= 0.6 is 0 Å². The number of carbonyl (C=O) groups excluding carboxylic acids is 3. The summed E-state index contributed by atoms with van der Waals surface area (Å²) in [6.45, 7) is 5.72.